The van der Waals surface area contributed by atoms with Gasteiger partial charge in [-0.3, -0.25) is 9.59 Å². The van der Waals surface area contributed by atoms with Crippen LogP contribution >= 0.6 is 0 Å². The van der Waals surface area contributed by atoms with Crippen LogP contribution < -0.4 is 15.5 Å². The second-order valence-corrected chi connectivity index (χ2v) is 7.89. The first kappa shape index (κ1) is 25.0. The minimum Gasteiger partial charge on any atom is -0.497 e. The fraction of sp³-hybridized carbons (Fsp3) is 0.292. The summed E-state index contributed by atoms with van der Waals surface area (Å²) in [6.07, 6.45) is -4.63. The lowest BCUT2D eigenvalue weighted by Crippen LogP contribution is -2.37. The summed E-state index contributed by atoms with van der Waals surface area (Å²) in [5.41, 5.74) is -1.33. The third-order valence-corrected chi connectivity index (χ3v) is 5.32. The van der Waals surface area contributed by atoms with Crippen molar-refractivity contribution in [1.29, 1.82) is 0 Å². The summed E-state index contributed by atoms with van der Waals surface area (Å²) in [4.78, 5) is 27.2. The number of carbonyl (C=O) groups excluding carboxylic acids is 1. The van der Waals surface area contributed by atoms with Crippen LogP contribution in [-0.4, -0.2) is 48.3 Å². The van der Waals surface area contributed by atoms with Crippen molar-refractivity contribution < 1.29 is 22.7 Å². The number of methoxy groups -OCH3 is 1. The number of aryl methyl sites for hydroxylation is 1. The normalized spacial score (nSPS) is 12.5. The average molecular weight is 474 g/mol. The van der Waals surface area contributed by atoms with Crippen LogP contribution in [0, 0.1) is 6.92 Å². The Labute approximate surface area is 194 Å². The van der Waals surface area contributed by atoms with Crippen LogP contribution in [0.4, 0.5) is 13.2 Å². The number of ether oxygens (including phenoxy) is 1. The van der Waals surface area contributed by atoms with Crippen molar-refractivity contribution in [3.8, 4) is 11.4 Å². The van der Waals surface area contributed by atoms with Gasteiger partial charge in [0.15, 0.2) is 5.69 Å². The molecule has 0 aliphatic heterocycles. The highest BCUT2D eigenvalue weighted by atomic mass is 19.4. The van der Waals surface area contributed by atoms with E-state index in [0.717, 1.165) is 22.4 Å². The molecule has 1 N–H and O–H groups in total. The van der Waals surface area contributed by atoms with E-state index in [1.54, 1.807) is 13.2 Å². The van der Waals surface area contributed by atoms with E-state index in [2.05, 4.69) is 10.4 Å². The molecule has 34 heavy (non-hydrogen) atoms. The second kappa shape index (κ2) is 10.1. The van der Waals surface area contributed by atoms with E-state index in [9.17, 15) is 22.8 Å². The molecular formula is C24H25F3N4O3. The van der Waals surface area contributed by atoms with Gasteiger partial charge in [-0.1, -0.05) is 24.3 Å². The molecule has 1 unspecified atom stereocenters. The number of nitrogens with zero attached hydrogens (tertiary/aromatic N) is 3. The number of nitrogens with one attached hydrogen (secondary N) is 1. The molecule has 0 spiro atoms. The Bertz CT molecular complexity index is 1240. The number of carbonyl (C=O) groups is 1. The molecule has 0 saturated carbocycles. The van der Waals surface area contributed by atoms with Gasteiger partial charge in [-0.15, -0.1) is 0 Å². The number of amides is 1. The molecule has 1 amide bonds. The quantitative estimate of drug-likeness (QED) is 0.566. The predicted molar refractivity (Wildman–Crippen MR) is 121 cm³/mol. The van der Waals surface area contributed by atoms with Crippen molar-refractivity contribution in [1.82, 2.24) is 20.0 Å². The first-order chi connectivity index (χ1) is 16.0. The first-order valence-electron chi connectivity index (χ1n) is 10.4. The van der Waals surface area contributed by atoms with Gasteiger partial charge < -0.3 is 15.0 Å². The van der Waals surface area contributed by atoms with E-state index in [1.807, 2.05) is 37.2 Å². The van der Waals surface area contributed by atoms with Crippen molar-refractivity contribution in [2.45, 2.75) is 19.1 Å². The van der Waals surface area contributed by atoms with Gasteiger partial charge >= 0.3 is 6.18 Å². The largest absolute Gasteiger partial charge is 0.497 e. The zero-order valence-electron chi connectivity index (χ0n) is 19.2. The maximum absolute atomic E-state index is 13.5. The predicted octanol–water partition coefficient (Wildman–Crippen LogP) is 3.60. The van der Waals surface area contributed by atoms with Crippen LogP contribution in [0.5, 0.6) is 5.75 Å². The van der Waals surface area contributed by atoms with Crippen LogP contribution in [0.1, 0.15) is 33.4 Å². The fourth-order valence-corrected chi connectivity index (χ4v) is 3.57. The van der Waals surface area contributed by atoms with Gasteiger partial charge in [0.05, 0.1) is 24.4 Å². The highest BCUT2D eigenvalue weighted by Crippen LogP contribution is 2.33. The molecule has 10 heteroatoms. The number of hydrogen-bond acceptors (Lipinski definition) is 5. The molecule has 2 aromatic carbocycles. The Morgan fingerprint density at radius 3 is 2.50 bits per heavy atom. The van der Waals surface area contributed by atoms with Crippen LogP contribution in [0.15, 0.2) is 59.4 Å². The summed E-state index contributed by atoms with van der Waals surface area (Å²) in [5, 5.41) is 6.68. The molecular weight excluding hydrogens is 449 g/mol. The van der Waals surface area contributed by atoms with Crippen molar-refractivity contribution in [2.75, 3.05) is 27.7 Å². The SMILES string of the molecule is COc1cccc(C(CNC(=O)c2nn(-c3ccccc3C(F)(F)F)c(C)cc2=O)N(C)C)c1. The summed E-state index contributed by atoms with van der Waals surface area (Å²) in [7, 11) is 5.22. The molecule has 0 aliphatic carbocycles. The number of aromatic nitrogens is 2. The molecule has 180 valence electrons. The molecule has 7 nitrogen and oxygen atoms in total. The number of para-hydroxylation sites is 1. The van der Waals surface area contributed by atoms with Gasteiger partial charge in [-0.25, -0.2) is 4.68 Å². The molecule has 1 heterocycles. The minimum absolute atomic E-state index is 0.132. The highest BCUT2D eigenvalue weighted by molar-refractivity contribution is 5.92. The lowest BCUT2D eigenvalue weighted by Gasteiger charge is -2.25. The smallest absolute Gasteiger partial charge is 0.418 e. The molecule has 3 aromatic rings. The van der Waals surface area contributed by atoms with Crippen molar-refractivity contribution >= 4 is 5.91 Å². The summed E-state index contributed by atoms with van der Waals surface area (Å²) in [6, 6.07) is 13.0. The van der Waals surface area contributed by atoms with E-state index in [4.69, 9.17) is 4.74 Å². The maximum atomic E-state index is 13.5. The first-order valence-corrected chi connectivity index (χ1v) is 10.4. The number of alkyl halides is 3. The summed E-state index contributed by atoms with van der Waals surface area (Å²) < 4.78 is 46.7. The lowest BCUT2D eigenvalue weighted by atomic mass is 10.1. The minimum atomic E-state index is -4.63. The van der Waals surface area contributed by atoms with Gasteiger partial charge in [0.1, 0.15) is 5.75 Å². The van der Waals surface area contributed by atoms with E-state index in [1.165, 1.54) is 25.1 Å². The van der Waals surface area contributed by atoms with E-state index in [0.29, 0.717) is 5.75 Å². The number of benzene rings is 2. The molecule has 0 fully saturated rings. The topological polar surface area (TPSA) is 76.5 Å². The van der Waals surface area contributed by atoms with Crippen molar-refractivity contribution in [3.63, 3.8) is 0 Å². The van der Waals surface area contributed by atoms with Crippen LogP contribution in [0.25, 0.3) is 5.69 Å². The zero-order chi connectivity index (χ0) is 25.0. The molecule has 0 aliphatic rings. The summed E-state index contributed by atoms with van der Waals surface area (Å²) in [6.45, 7) is 1.58. The fourth-order valence-electron chi connectivity index (χ4n) is 3.57. The second-order valence-electron chi connectivity index (χ2n) is 7.89. The molecule has 0 bridgehead atoms. The summed E-state index contributed by atoms with van der Waals surface area (Å²) >= 11 is 0. The third-order valence-electron chi connectivity index (χ3n) is 5.32. The Kier molecular flexibility index (Phi) is 7.41. The monoisotopic (exact) mass is 474 g/mol. The Hall–Kier alpha value is -3.66. The van der Waals surface area contributed by atoms with Crippen molar-refractivity contribution in [3.05, 3.63) is 87.3 Å². The molecule has 1 aromatic heterocycles. The summed E-state index contributed by atoms with van der Waals surface area (Å²) in [5.74, 6) is -0.125. The van der Waals surface area contributed by atoms with Gasteiger partial charge in [0, 0.05) is 18.3 Å². The molecule has 0 radical (unpaired) electrons. The molecule has 1 atom stereocenters. The van der Waals surface area contributed by atoms with E-state index >= 15 is 0 Å². The van der Waals surface area contributed by atoms with Gasteiger partial charge in [0.2, 0.25) is 5.43 Å². The Morgan fingerprint density at radius 1 is 1.15 bits per heavy atom. The van der Waals surface area contributed by atoms with Gasteiger partial charge in [0.25, 0.3) is 5.91 Å². The maximum Gasteiger partial charge on any atom is 0.418 e. The lowest BCUT2D eigenvalue weighted by molar-refractivity contribution is -0.137. The number of rotatable bonds is 7. The third kappa shape index (κ3) is 5.45. The zero-order valence-corrected chi connectivity index (χ0v) is 19.2. The van der Waals surface area contributed by atoms with Crippen LogP contribution in [0.3, 0.4) is 0 Å². The van der Waals surface area contributed by atoms with Crippen LogP contribution in [-0.2, 0) is 6.18 Å². The van der Waals surface area contributed by atoms with E-state index < -0.39 is 28.8 Å². The number of likely N-dealkylation sites (N-methyl/N-ethyl adjacent to an activating group) is 1. The van der Waals surface area contributed by atoms with Gasteiger partial charge in [-0.2, -0.15) is 18.3 Å². The highest BCUT2D eigenvalue weighted by Gasteiger charge is 2.34. The standard InChI is InChI=1S/C24H25F3N4O3/c1-15-12-21(32)22(29-31(15)19-11-6-5-10-18(19)24(25,26)27)23(33)28-14-20(30(2)3)16-8-7-9-17(13-16)34-4/h5-13,20H,14H2,1-4H3,(H,28,33). The number of hydrogen-bond donors (Lipinski definition) is 1. The van der Waals surface area contributed by atoms with Crippen molar-refractivity contribution in [2.24, 2.45) is 0 Å². The van der Waals surface area contributed by atoms with Crippen LogP contribution in [0.2, 0.25) is 0 Å². The average Bonchev–Trinajstić information content (AvgIpc) is 2.78. The molecule has 0 saturated heterocycles. The Balaban J connectivity index is 1.92. The number of halogens is 3. The van der Waals surface area contributed by atoms with Gasteiger partial charge in [-0.05, 0) is 50.8 Å². The molecule has 3 rings (SSSR count). The Morgan fingerprint density at radius 2 is 1.85 bits per heavy atom. The van der Waals surface area contributed by atoms with E-state index in [-0.39, 0.29) is 24.0 Å².